The lowest BCUT2D eigenvalue weighted by molar-refractivity contribution is 0.699. The third-order valence-electron chi connectivity index (χ3n) is 3.06. The molecule has 0 aliphatic carbocycles. The molecule has 0 aromatic carbocycles. The van der Waals surface area contributed by atoms with Gasteiger partial charge in [-0.2, -0.15) is 5.10 Å². The molecular weight excluding hydrogens is 198 g/mol. The third-order valence-corrected chi connectivity index (χ3v) is 3.06. The number of aromatic nitrogens is 3. The fraction of sp³-hybridized carbons (Fsp3) is 0.538. The van der Waals surface area contributed by atoms with Crippen LogP contribution in [0.25, 0.3) is 5.52 Å². The second-order valence-electron chi connectivity index (χ2n) is 4.36. The maximum absolute atomic E-state index is 4.62. The standard InChI is InChI=1S/C13H19N3/c1-4-5-6-7-12-8-13-9-14-10(2)11(3)16(13)15-12/h8-9H,4-7H2,1-3H3. The van der Waals surface area contributed by atoms with Crippen LogP contribution in [0.2, 0.25) is 0 Å². The molecule has 0 aliphatic rings. The summed E-state index contributed by atoms with van der Waals surface area (Å²) in [5, 5.41) is 4.62. The van der Waals surface area contributed by atoms with E-state index in [0.717, 1.165) is 23.3 Å². The molecule has 0 saturated heterocycles. The Labute approximate surface area is 96.5 Å². The van der Waals surface area contributed by atoms with Gasteiger partial charge in [0.25, 0.3) is 0 Å². The summed E-state index contributed by atoms with van der Waals surface area (Å²) in [6.45, 7) is 6.31. The molecule has 0 fully saturated rings. The van der Waals surface area contributed by atoms with Gasteiger partial charge < -0.3 is 0 Å². The predicted octanol–water partition coefficient (Wildman–Crippen LogP) is 3.08. The van der Waals surface area contributed by atoms with Gasteiger partial charge in [-0.3, -0.25) is 4.98 Å². The van der Waals surface area contributed by atoms with Crippen LogP contribution in [0, 0.1) is 13.8 Å². The molecule has 0 radical (unpaired) electrons. The summed E-state index contributed by atoms with van der Waals surface area (Å²) in [6, 6.07) is 2.15. The minimum Gasteiger partial charge on any atom is -0.257 e. The molecule has 2 heterocycles. The number of hydrogen-bond acceptors (Lipinski definition) is 2. The van der Waals surface area contributed by atoms with Crippen molar-refractivity contribution in [2.45, 2.75) is 46.5 Å². The average Bonchev–Trinajstić information content (AvgIpc) is 2.68. The van der Waals surface area contributed by atoms with Crippen molar-refractivity contribution < 1.29 is 0 Å². The Morgan fingerprint density at radius 2 is 2.06 bits per heavy atom. The van der Waals surface area contributed by atoms with Crippen LogP contribution in [0.3, 0.4) is 0 Å². The van der Waals surface area contributed by atoms with E-state index in [1.165, 1.54) is 25.0 Å². The Morgan fingerprint density at radius 3 is 2.81 bits per heavy atom. The number of fused-ring (bicyclic) bond motifs is 1. The van der Waals surface area contributed by atoms with Crippen LogP contribution >= 0.6 is 0 Å². The molecule has 0 saturated carbocycles. The summed E-state index contributed by atoms with van der Waals surface area (Å²) in [6.07, 6.45) is 6.75. The first-order valence-corrected chi connectivity index (χ1v) is 6.03. The number of hydrogen-bond donors (Lipinski definition) is 0. The maximum Gasteiger partial charge on any atom is 0.0851 e. The van der Waals surface area contributed by atoms with Gasteiger partial charge in [-0.1, -0.05) is 19.8 Å². The van der Waals surface area contributed by atoms with E-state index < -0.39 is 0 Å². The molecule has 3 nitrogen and oxygen atoms in total. The van der Waals surface area contributed by atoms with Gasteiger partial charge >= 0.3 is 0 Å². The fourth-order valence-electron chi connectivity index (χ4n) is 1.90. The molecule has 2 aromatic heterocycles. The van der Waals surface area contributed by atoms with Crippen LogP contribution in [0.1, 0.15) is 43.3 Å². The summed E-state index contributed by atoms with van der Waals surface area (Å²) >= 11 is 0. The highest BCUT2D eigenvalue weighted by Gasteiger charge is 2.05. The second-order valence-corrected chi connectivity index (χ2v) is 4.36. The predicted molar refractivity (Wildman–Crippen MR) is 65.7 cm³/mol. The Morgan fingerprint density at radius 1 is 1.25 bits per heavy atom. The first-order chi connectivity index (χ1) is 7.72. The minimum absolute atomic E-state index is 1.05. The van der Waals surface area contributed by atoms with E-state index in [4.69, 9.17) is 0 Å². The van der Waals surface area contributed by atoms with Crippen LogP contribution < -0.4 is 0 Å². The van der Waals surface area contributed by atoms with Crippen molar-refractivity contribution in [3.8, 4) is 0 Å². The van der Waals surface area contributed by atoms with Crippen molar-refractivity contribution in [1.29, 1.82) is 0 Å². The van der Waals surface area contributed by atoms with E-state index >= 15 is 0 Å². The molecular formula is C13H19N3. The lowest BCUT2D eigenvalue weighted by Crippen LogP contribution is -1.99. The van der Waals surface area contributed by atoms with Crippen LogP contribution in [0.5, 0.6) is 0 Å². The van der Waals surface area contributed by atoms with Crippen molar-refractivity contribution in [1.82, 2.24) is 14.6 Å². The zero-order valence-corrected chi connectivity index (χ0v) is 10.3. The minimum atomic E-state index is 1.05. The smallest absolute Gasteiger partial charge is 0.0851 e. The Hall–Kier alpha value is -1.38. The second kappa shape index (κ2) is 4.64. The van der Waals surface area contributed by atoms with E-state index in [1.807, 2.05) is 17.6 Å². The van der Waals surface area contributed by atoms with Crippen LogP contribution in [-0.4, -0.2) is 14.6 Å². The van der Waals surface area contributed by atoms with Crippen molar-refractivity contribution in [2.75, 3.05) is 0 Å². The number of nitrogens with zero attached hydrogens (tertiary/aromatic N) is 3. The lowest BCUT2D eigenvalue weighted by Gasteiger charge is -2.00. The van der Waals surface area contributed by atoms with Gasteiger partial charge in [-0.05, 0) is 32.8 Å². The van der Waals surface area contributed by atoms with E-state index in [0.29, 0.717) is 0 Å². The van der Waals surface area contributed by atoms with Gasteiger partial charge in [0.15, 0.2) is 0 Å². The number of aryl methyl sites for hydroxylation is 3. The highest BCUT2D eigenvalue weighted by atomic mass is 15.2. The molecule has 16 heavy (non-hydrogen) atoms. The van der Waals surface area contributed by atoms with Crippen molar-refractivity contribution in [3.05, 3.63) is 29.3 Å². The molecule has 86 valence electrons. The zero-order chi connectivity index (χ0) is 11.5. The van der Waals surface area contributed by atoms with Crippen LogP contribution in [0.4, 0.5) is 0 Å². The average molecular weight is 217 g/mol. The van der Waals surface area contributed by atoms with E-state index in [-0.39, 0.29) is 0 Å². The molecule has 2 aromatic rings. The highest BCUT2D eigenvalue weighted by Crippen LogP contribution is 2.12. The quantitative estimate of drug-likeness (QED) is 0.737. The van der Waals surface area contributed by atoms with Gasteiger partial charge in [0.2, 0.25) is 0 Å². The lowest BCUT2D eigenvalue weighted by atomic mass is 10.1. The van der Waals surface area contributed by atoms with E-state index in [1.54, 1.807) is 0 Å². The monoisotopic (exact) mass is 217 g/mol. The van der Waals surface area contributed by atoms with Crippen LogP contribution in [-0.2, 0) is 6.42 Å². The molecule has 0 bridgehead atoms. The molecule has 0 N–H and O–H groups in total. The Balaban J connectivity index is 2.26. The zero-order valence-electron chi connectivity index (χ0n) is 10.3. The topological polar surface area (TPSA) is 30.2 Å². The molecule has 0 unspecified atom stereocenters. The van der Waals surface area contributed by atoms with Crippen molar-refractivity contribution in [2.24, 2.45) is 0 Å². The van der Waals surface area contributed by atoms with Crippen molar-refractivity contribution in [3.63, 3.8) is 0 Å². The Bertz CT molecular complexity index is 485. The van der Waals surface area contributed by atoms with Gasteiger partial charge in [0.1, 0.15) is 0 Å². The van der Waals surface area contributed by atoms with E-state index in [2.05, 4.69) is 30.0 Å². The molecule has 2 rings (SSSR count). The molecule has 0 atom stereocenters. The maximum atomic E-state index is 4.62. The fourth-order valence-corrected chi connectivity index (χ4v) is 1.90. The molecule has 0 aliphatic heterocycles. The van der Waals surface area contributed by atoms with Gasteiger partial charge in [-0.25, -0.2) is 4.52 Å². The largest absolute Gasteiger partial charge is 0.257 e. The number of rotatable bonds is 4. The third kappa shape index (κ3) is 2.08. The first-order valence-electron chi connectivity index (χ1n) is 6.03. The summed E-state index contributed by atoms with van der Waals surface area (Å²) < 4.78 is 2.00. The Kier molecular flexibility index (Phi) is 3.22. The van der Waals surface area contributed by atoms with Gasteiger partial charge in [0, 0.05) is 0 Å². The summed E-state index contributed by atoms with van der Waals surface area (Å²) in [7, 11) is 0. The molecule has 3 heteroatoms. The summed E-state index contributed by atoms with van der Waals surface area (Å²) in [5.41, 5.74) is 4.48. The first kappa shape index (κ1) is 11.1. The SMILES string of the molecule is CCCCCc1cc2cnc(C)c(C)n2n1. The van der Waals surface area contributed by atoms with E-state index in [9.17, 15) is 0 Å². The van der Waals surface area contributed by atoms with Crippen molar-refractivity contribution >= 4 is 5.52 Å². The van der Waals surface area contributed by atoms with Gasteiger partial charge in [0.05, 0.1) is 28.8 Å². The summed E-state index contributed by atoms with van der Waals surface area (Å²) in [5.74, 6) is 0. The highest BCUT2D eigenvalue weighted by molar-refractivity contribution is 5.47. The molecule has 0 amide bonds. The van der Waals surface area contributed by atoms with Crippen LogP contribution in [0.15, 0.2) is 12.3 Å². The summed E-state index contributed by atoms with van der Waals surface area (Å²) in [4.78, 5) is 4.36. The normalized spacial score (nSPS) is 11.2. The number of unbranched alkanes of at least 4 members (excludes halogenated alkanes) is 2. The van der Waals surface area contributed by atoms with Gasteiger partial charge in [-0.15, -0.1) is 0 Å². The molecule has 0 spiro atoms.